The Morgan fingerprint density at radius 1 is 0.806 bits per heavy atom. The van der Waals surface area contributed by atoms with E-state index in [0.29, 0.717) is 11.3 Å². The molecule has 0 aliphatic heterocycles. The second-order valence-corrected chi connectivity index (χ2v) is 7.81. The molecule has 3 N–H and O–H groups in total. The maximum Gasteiger partial charge on any atom is 0.251 e. The fourth-order valence-corrected chi connectivity index (χ4v) is 3.43. The van der Waals surface area contributed by atoms with Crippen molar-refractivity contribution in [3.8, 4) is 0 Å². The lowest BCUT2D eigenvalue weighted by Crippen LogP contribution is -2.38. The smallest absolute Gasteiger partial charge is 0.251 e. The van der Waals surface area contributed by atoms with Gasteiger partial charge in [0.05, 0.1) is 5.92 Å². The van der Waals surface area contributed by atoms with E-state index in [0.717, 1.165) is 11.1 Å². The molecule has 0 radical (unpaired) electrons. The molecule has 0 aromatic heterocycles. The van der Waals surface area contributed by atoms with Crippen molar-refractivity contribution in [2.24, 2.45) is 0 Å². The van der Waals surface area contributed by atoms with Gasteiger partial charge < -0.3 is 16.0 Å². The summed E-state index contributed by atoms with van der Waals surface area (Å²) in [5.74, 6) is -0.893. The maximum absolute atomic E-state index is 13.1. The highest BCUT2D eigenvalue weighted by molar-refractivity contribution is 7.80. The van der Waals surface area contributed by atoms with Crippen LogP contribution < -0.4 is 16.0 Å². The summed E-state index contributed by atoms with van der Waals surface area (Å²) in [5, 5.41) is 8.81. The zero-order valence-corrected chi connectivity index (χ0v) is 18.3. The Kier molecular flexibility index (Phi) is 7.51. The number of amides is 2. The summed E-state index contributed by atoms with van der Waals surface area (Å²) in [5.41, 5.74) is 2.89. The van der Waals surface area contributed by atoms with E-state index in [1.807, 2.05) is 74.5 Å². The lowest BCUT2D eigenvalue weighted by Gasteiger charge is -2.19. The van der Waals surface area contributed by atoms with Crippen molar-refractivity contribution in [2.75, 3.05) is 5.32 Å². The lowest BCUT2D eigenvalue weighted by molar-refractivity contribution is -0.120. The third kappa shape index (κ3) is 6.23. The molecule has 3 aromatic rings. The lowest BCUT2D eigenvalue weighted by atomic mass is 9.90. The molecule has 6 heteroatoms. The van der Waals surface area contributed by atoms with E-state index in [9.17, 15) is 9.59 Å². The van der Waals surface area contributed by atoms with Gasteiger partial charge in [-0.25, -0.2) is 0 Å². The minimum absolute atomic E-state index is 0.0392. The molecule has 0 saturated heterocycles. The maximum atomic E-state index is 13.1. The standard InChI is InChI=1S/C25H25N3O2S/c1-17(2)26-23(29)20-14-9-15-21(16-20)27-25(31)28-24(30)22(18-10-5-3-6-11-18)19-12-7-4-8-13-19/h3-17,22H,1-2H3,(H,26,29)(H2,27,28,30,31). The number of hydrogen-bond donors (Lipinski definition) is 3. The first-order valence-electron chi connectivity index (χ1n) is 10.1. The fourth-order valence-electron chi connectivity index (χ4n) is 3.22. The number of nitrogens with one attached hydrogen (secondary N) is 3. The molecule has 5 nitrogen and oxygen atoms in total. The first-order valence-corrected chi connectivity index (χ1v) is 10.5. The second kappa shape index (κ2) is 10.5. The molecule has 0 bridgehead atoms. The van der Waals surface area contributed by atoms with Crippen molar-refractivity contribution in [1.82, 2.24) is 10.6 Å². The van der Waals surface area contributed by atoms with E-state index in [4.69, 9.17) is 12.2 Å². The molecule has 158 valence electrons. The van der Waals surface area contributed by atoms with Crippen LogP contribution in [0.2, 0.25) is 0 Å². The molecular weight excluding hydrogens is 406 g/mol. The third-order valence-electron chi connectivity index (χ3n) is 4.57. The number of hydrogen-bond acceptors (Lipinski definition) is 3. The third-order valence-corrected chi connectivity index (χ3v) is 4.77. The van der Waals surface area contributed by atoms with Crippen LogP contribution in [0, 0.1) is 0 Å². The van der Waals surface area contributed by atoms with Gasteiger partial charge in [-0.15, -0.1) is 0 Å². The van der Waals surface area contributed by atoms with Gasteiger partial charge in [0.25, 0.3) is 5.91 Å². The van der Waals surface area contributed by atoms with Crippen LogP contribution in [-0.2, 0) is 4.79 Å². The van der Waals surface area contributed by atoms with Crippen molar-refractivity contribution in [2.45, 2.75) is 25.8 Å². The number of anilines is 1. The minimum Gasteiger partial charge on any atom is -0.350 e. The minimum atomic E-state index is -0.495. The highest BCUT2D eigenvalue weighted by Gasteiger charge is 2.23. The van der Waals surface area contributed by atoms with Crippen LogP contribution >= 0.6 is 12.2 Å². The number of thiocarbonyl (C=S) groups is 1. The zero-order valence-electron chi connectivity index (χ0n) is 17.5. The van der Waals surface area contributed by atoms with Gasteiger partial charge in [-0.2, -0.15) is 0 Å². The normalized spacial score (nSPS) is 10.6. The summed E-state index contributed by atoms with van der Waals surface area (Å²) < 4.78 is 0. The predicted molar refractivity (Wildman–Crippen MR) is 128 cm³/mol. The van der Waals surface area contributed by atoms with Crippen molar-refractivity contribution in [1.29, 1.82) is 0 Å². The Labute approximate surface area is 187 Å². The van der Waals surface area contributed by atoms with Gasteiger partial charge in [-0.1, -0.05) is 66.7 Å². The van der Waals surface area contributed by atoms with Crippen LogP contribution in [0.3, 0.4) is 0 Å². The van der Waals surface area contributed by atoms with E-state index in [-0.39, 0.29) is 23.0 Å². The number of carbonyl (C=O) groups excluding carboxylic acids is 2. The largest absolute Gasteiger partial charge is 0.350 e. The van der Waals surface area contributed by atoms with Crippen LogP contribution in [0.1, 0.15) is 41.3 Å². The average molecular weight is 432 g/mol. The summed E-state index contributed by atoms with van der Waals surface area (Å²) in [6.07, 6.45) is 0. The highest BCUT2D eigenvalue weighted by atomic mass is 32.1. The second-order valence-electron chi connectivity index (χ2n) is 7.41. The van der Waals surface area contributed by atoms with Gasteiger partial charge in [0.2, 0.25) is 5.91 Å². The van der Waals surface area contributed by atoms with Crippen LogP contribution in [0.15, 0.2) is 84.9 Å². The quantitative estimate of drug-likeness (QED) is 0.504. The Bertz CT molecular complexity index is 1010. The van der Waals surface area contributed by atoms with E-state index in [1.54, 1.807) is 24.3 Å². The summed E-state index contributed by atoms with van der Waals surface area (Å²) in [6.45, 7) is 3.81. The SMILES string of the molecule is CC(C)NC(=O)c1cccc(NC(=S)NC(=O)C(c2ccccc2)c2ccccc2)c1. The van der Waals surface area contributed by atoms with Gasteiger partial charge in [-0.3, -0.25) is 9.59 Å². The van der Waals surface area contributed by atoms with Crippen molar-refractivity contribution in [3.63, 3.8) is 0 Å². The Morgan fingerprint density at radius 2 is 1.39 bits per heavy atom. The van der Waals surface area contributed by atoms with Gasteiger partial charge in [0, 0.05) is 17.3 Å². The van der Waals surface area contributed by atoms with Crippen molar-refractivity contribution < 1.29 is 9.59 Å². The molecule has 2 amide bonds. The summed E-state index contributed by atoms with van der Waals surface area (Å²) in [6, 6.07) is 26.2. The van der Waals surface area contributed by atoms with Crippen LogP contribution in [-0.4, -0.2) is 23.0 Å². The highest BCUT2D eigenvalue weighted by Crippen LogP contribution is 2.24. The molecule has 3 aromatic carbocycles. The summed E-state index contributed by atoms with van der Waals surface area (Å²) in [4.78, 5) is 25.4. The molecule has 0 spiro atoms. The molecule has 0 unspecified atom stereocenters. The van der Waals surface area contributed by atoms with E-state index in [2.05, 4.69) is 16.0 Å². The van der Waals surface area contributed by atoms with Gasteiger partial charge in [0.1, 0.15) is 0 Å². The Hall–Kier alpha value is -3.51. The van der Waals surface area contributed by atoms with Crippen LogP contribution in [0.4, 0.5) is 5.69 Å². The van der Waals surface area contributed by atoms with Gasteiger partial charge in [0.15, 0.2) is 5.11 Å². The first kappa shape index (κ1) is 22.2. The molecule has 0 atom stereocenters. The Morgan fingerprint density at radius 3 is 1.94 bits per heavy atom. The van der Waals surface area contributed by atoms with Crippen molar-refractivity contribution >= 4 is 34.8 Å². The molecule has 31 heavy (non-hydrogen) atoms. The molecule has 3 rings (SSSR count). The predicted octanol–water partition coefficient (Wildman–Crippen LogP) is 4.47. The van der Waals surface area contributed by atoms with E-state index >= 15 is 0 Å². The molecule has 0 saturated carbocycles. The number of benzene rings is 3. The average Bonchev–Trinajstić information content (AvgIpc) is 2.75. The topological polar surface area (TPSA) is 70.2 Å². The molecule has 0 aliphatic rings. The van der Waals surface area contributed by atoms with E-state index < -0.39 is 5.92 Å². The first-order chi connectivity index (χ1) is 14.9. The number of rotatable bonds is 6. The van der Waals surface area contributed by atoms with Gasteiger partial charge >= 0.3 is 0 Å². The number of carbonyl (C=O) groups is 2. The van der Waals surface area contributed by atoms with Gasteiger partial charge in [-0.05, 0) is 55.4 Å². The monoisotopic (exact) mass is 431 g/mol. The summed E-state index contributed by atoms with van der Waals surface area (Å²) in [7, 11) is 0. The fraction of sp³-hybridized carbons (Fsp3) is 0.160. The molecule has 0 aliphatic carbocycles. The zero-order chi connectivity index (χ0) is 22.2. The van der Waals surface area contributed by atoms with Crippen LogP contribution in [0.25, 0.3) is 0 Å². The van der Waals surface area contributed by atoms with Crippen LogP contribution in [0.5, 0.6) is 0 Å². The molecule has 0 fully saturated rings. The Balaban J connectivity index is 1.73. The van der Waals surface area contributed by atoms with Crippen molar-refractivity contribution in [3.05, 3.63) is 102 Å². The molecular formula is C25H25N3O2S. The van der Waals surface area contributed by atoms with E-state index in [1.165, 1.54) is 0 Å². The molecule has 0 heterocycles. The summed E-state index contributed by atoms with van der Waals surface area (Å²) >= 11 is 5.37.